The summed E-state index contributed by atoms with van der Waals surface area (Å²) < 4.78 is 0. The van der Waals surface area contributed by atoms with Gasteiger partial charge in [-0.05, 0) is 80.3 Å². The molecule has 0 aliphatic heterocycles. The summed E-state index contributed by atoms with van der Waals surface area (Å²) in [4.78, 5) is 23.6. The molecule has 1 N–H and O–H groups in total. The molecule has 1 unspecified atom stereocenters. The Morgan fingerprint density at radius 2 is 2.04 bits per heavy atom. The number of aliphatic carboxylic acids is 1. The van der Waals surface area contributed by atoms with Crippen LogP contribution in [-0.2, 0) is 9.59 Å². The summed E-state index contributed by atoms with van der Waals surface area (Å²) >= 11 is 0. The minimum Gasteiger partial charge on any atom is -0.481 e. The van der Waals surface area contributed by atoms with Crippen molar-refractivity contribution in [2.75, 3.05) is 0 Å². The molecule has 6 atom stereocenters. The molecule has 4 rings (SSSR count). The number of carbonyl (C=O) groups is 2. The van der Waals surface area contributed by atoms with Crippen molar-refractivity contribution >= 4 is 11.8 Å². The first-order valence-electron chi connectivity index (χ1n) is 9.59. The second kappa shape index (κ2) is 5.31. The zero-order valence-corrected chi connectivity index (χ0v) is 14.8. The highest BCUT2D eigenvalue weighted by Crippen LogP contribution is 2.67. The molecule has 0 saturated heterocycles. The van der Waals surface area contributed by atoms with Gasteiger partial charge < -0.3 is 5.11 Å². The van der Waals surface area contributed by atoms with Crippen molar-refractivity contribution in [2.24, 2.45) is 34.5 Å². The largest absolute Gasteiger partial charge is 0.481 e. The van der Waals surface area contributed by atoms with Gasteiger partial charge in [0.25, 0.3) is 0 Å². The lowest BCUT2D eigenvalue weighted by Gasteiger charge is -2.57. The molecule has 0 aromatic rings. The summed E-state index contributed by atoms with van der Waals surface area (Å²) in [5, 5.41) is 9.75. The van der Waals surface area contributed by atoms with E-state index < -0.39 is 5.97 Å². The number of allylic oxidation sites excluding steroid dienone is 4. The highest BCUT2D eigenvalue weighted by atomic mass is 16.4. The molecule has 0 aromatic heterocycles. The first kappa shape index (κ1) is 16.1. The van der Waals surface area contributed by atoms with Gasteiger partial charge in [0.2, 0.25) is 0 Å². The van der Waals surface area contributed by atoms with Crippen molar-refractivity contribution < 1.29 is 14.7 Å². The van der Waals surface area contributed by atoms with Crippen LogP contribution in [0.1, 0.15) is 58.8 Å². The lowest BCUT2D eigenvalue weighted by molar-refractivity contribution is -0.150. The first-order valence-corrected chi connectivity index (χ1v) is 9.59. The third-order valence-electron chi connectivity index (χ3n) is 8.23. The molecule has 4 aliphatic rings. The van der Waals surface area contributed by atoms with Gasteiger partial charge in [0, 0.05) is 5.41 Å². The van der Waals surface area contributed by atoms with Crippen LogP contribution >= 0.6 is 0 Å². The maximum absolute atomic E-state index is 11.8. The maximum Gasteiger partial charge on any atom is 0.307 e. The molecular formula is C21H28O3. The molecule has 3 nitrogen and oxygen atoms in total. The SMILES string of the molecule is CC[C@]12CC[C@H]3[C@@H](CCC4=CC(=O)C=C[C@@]43C)[C@@H]1CCC2C(=O)O. The highest BCUT2D eigenvalue weighted by Gasteiger charge is 2.61. The first-order chi connectivity index (χ1) is 11.4. The quantitative estimate of drug-likeness (QED) is 0.818. The number of carbonyl (C=O) groups excluding carboxylic acids is 1. The Morgan fingerprint density at radius 3 is 2.75 bits per heavy atom. The summed E-state index contributed by atoms with van der Waals surface area (Å²) in [5.74, 6) is 1.13. The summed E-state index contributed by atoms with van der Waals surface area (Å²) in [7, 11) is 0. The Labute approximate surface area is 144 Å². The van der Waals surface area contributed by atoms with Crippen molar-refractivity contribution in [3.63, 3.8) is 0 Å². The van der Waals surface area contributed by atoms with E-state index in [0.29, 0.717) is 17.8 Å². The fourth-order valence-electron chi connectivity index (χ4n) is 7.06. The number of ketones is 1. The van der Waals surface area contributed by atoms with E-state index in [9.17, 15) is 14.7 Å². The van der Waals surface area contributed by atoms with Crippen LogP contribution in [0.25, 0.3) is 0 Å². The fraction of sp³-hybridized carbons (Fsp3) is 0.714. The van der Waals surface area contributed by atoms with E-state index in [1.165, 1.54) is 5.57 Å². The average molecular weight is 328 g/mol. The van der Waals surface area contributed by atoms with Crippen LogP contribution in [0.5, 0.6) is 0 Å². The molecule has 0 aromatic carbocycles. The van der Waals surface area contributed by atoms with Gasteiger partial charge >= 0.3 is 5.97 Å². The van der Waals surface area contributed by atoms with E-state index in [-0.39, 0.29) is 22.5 Å². The van der Waals surface area contributed by atoms with Crippen molar-refractivity contribution in [1.29, 1.82) is 0 Å². The van der Waals surface area contributed by atoms with Gasteiger partial charge in [-0.2, -0.15) is 0 Å². The number of carboxylic acid groups (broad SMARTS) is 1. The van der Waals surface area contributed by atoms with Crippen LogP contribution in [0.2, 0.25) is 0 Å². The van der Waals surface area contributed by atoms with Crippen molar-refractivity contribution in [2.45, 2.75) is 58.8 Å². The van der Waals surface area contributed by atoms with Crippen molar-refractivity contribution in [3.8, 4) is 0 Å². The molecule has 0 amide bonds. The third-order valence-corrected chi connectivity index (χ3v) is 8.23. The molecule has 0 bridgehead atoms. The van der Waals surface area contributed by atoms with Crippen molar-refractivity contribution in [3.05, 3.63) is 23.8 Å². The number of hydrogen-bond acceptors (Lipinski definition) is 2. The van der Waals surface area contributed by atoms with Crippen molar-refractivity contribution in [1.82, 2.24) is 0 Å². The maximum atomic E-state index is 11.8. The topological polar surface area (TPSA) is 54.4 Å². The van der Waals surface area contributed by atoms with Crippen LogP contribution in [0, 0.1) is 34.5 Å². The molecule has 3 heteroatoms. The average Bonchev–Trinajstić information content (AvgIpc) is 2.95. The minimum absolute atomic E-state index is 0.0119. The summed E-state index contributed by atoms with van der Waals surface area (Å²) in [6.45, 7) is 4.50. The number of fused-ring (bicyclic) bond motifs is 5. The Balaban J connectivity index is 1.70. The second-order valence-electron chi connectivity index (χ2n) is 8.70. The molecule has 3 saturated carbocycles. The van der Waals surface area contributed by atoms with Gasteiger partial charge in [-0.1, -0.05) is 25.5 Å². The van der Waals surface area contributed by atoms with Crippen LogP contribution in [0.3, 0.4) is 0 Å². The minimum atomic E-state index is -0.580. The van der Waals surface area contributed by atoms with Gasteiger partial charge in [0.1, 0.15) is 0 Å². The fourth-order valence-corrected chi connectivity index (χ4v) is 7.06. The summed E-state index contributed by atoms with van der Waals surface area (Å²) in [6, 6.07) is 0. The molecule has 0 heterocycles. The standard InChI is InChI=1S/C21H28O3/c1-3-21-11-9-16-15(17(21)6-7-18(21)19(23)24)5-4-13-12-14(22)8-10-20(13,16)2/h8,10,12,15-18H,3-7,9,11H2,1-2H3,(H,23,24)/t15-,16+,17+,18?,20+,21+/m1/s1. The smallest absolute Gasteiger partial charge is 0.307 e. The van der Waals surface area contributed by atoms with Gasteiger partial charge in [0.15, 0.2) is 5.78 Å². The monoisotopic (exact) mass is 328 g/mol. The zero-order chi connectivity index (χ0) is 17.1. The molecule has 4 aliphatic carbocycles. The molecular weight excluding hydrogens is 300 g/mol. The summed E-state index contributed by atoms with van der Waals surface area (Å²) in [5.41, 5.74) is 1.34. The molecule has 0 radical (unpaired) electrons. The van der Waals surface area contributed by atoms with E-state index >= 15 is 0 Å². The second-order valence-corrected chi connectivity index (χ2v) is 8.70. The van der Waals surface area contributed by atoms with Gasteiger partial charge in [-0.15, -0.1) is 0 Å². The zero-order valence-electron chi connectivity index (χ0n) is 14.8. The van der Waals surface area contributed by atoms with Crippen LogP contribution in [-0.4, -0.2) is 16.9 Å². The van der Waals surface area contributed by atoms with E-state index in [4.69, 9.17) is 0 Å². The molecule has 24 heavy (non-hydrogen) atoms. The Bertz CT molecular complexity index is 645. The van der Waals surface area contributed by atoms with Gasteiger partial charge in [-0.3, -0.25) is 9.59 Å². The molecule has 0 spiro atoms. The third kappa shape index (κ3) is 1.96. The van der Waals surface area contributed by atoms with Crippen LogP contribution < -0.4 is 0 Å². The molecule has 130 valence electrons. The highest BCUT2D eigenvalue weighted by molar-refractivity contribution is 6.01. The van der Waals surface area contributed by atoms with E-state index in [2.05, 4.69) is 19.9 Å². The molecule has 3 fully saturated rings. The number of rotatable bonds is 2. The lowest BCUT2D eigenvalue weighted by Crippen LogP contribution is -2.51. The lowest BCUT2D eigenvalue weighted by atomic mass is 9.47. The predicted octanol–water partition coefficient (Wildman–Crippen LogP) is 4.39. The van der Waals surface area contributed by atoms with Crippen LogP contribution in [0.15, 0.2) is 23.8 Å². The number of hydrogen-bond donors (Lipinski definition) is 1. The van der Waals surface area contributed by atoms with E-state index in [0.717, 1.165) is 44.9 Å². The van der Waals surface area contributed by atoms with Gasteiger partial charge in [0.05, 0.1) is 5.92 Å². The Morgan fingerprint density at radius 1 is 1.25 bits per heavy atom. The summed E-state index contributed by atoms with van der Waals surface area (Å²) in [6.07, 6.45) is 13.0. The van der Waals surface area contributed by atoms with Gasteiger partial charge in [-0.25, -0.2) is 0 Å². The Kier molecular flexibility index (Phi) is 3.56. The van der Waals surface area contributed by atoms with E-state index in [1.54, 1.807) is 6.08 Å². The van der Waals surface area contributed by atoms with E-state index in [1.807, 2.05) is 6.08 Å². The number of carboxylic acids is 1. The van der Waals surface area contributed by atoms with Crippen LogP contribution in [0.4, 0.5) is 0 Å². The normalized spacial score (nSPS) is 46.8. The Hall–Kier alpha value is -1.38. The predicted molar refractivity (Wildman–Crippen MR) is 92.4 cm³/mol.